The van der Waals surface area contributed by atoms with E-state index in [0.29, 0.717) is 0 Å². The van der Waals surface area contributed by atoms with E-state index in [-0.39, 0.29) is 16.6 Å². The maximum absolute atomic E-state index is 11.2. The Hall–Kier alpha value is -1.85. The summed E-state index contributed by atoms with van der Waals surface area (Å²) in [6, 6.07) is 2.95. The molecule has 6 heteroatoms. The Bertz CT molecular complexity index is 614. The molecule has 2 aromatic heterocycles. The Labute approximate surface area is 79.4 Å². The lowest BCUT2D eigenvalue weighted by molar-refractivity contribution is 0.431. The molecule has 0 bridgehead atoms. The van der Waals surface area contributed by atoms with E-state index in [1.165, 1.54) is 19.2 Å². The van der Waals surface area contributed by atoms with Crippen LogP contribution in [0.25, 0.3) is 11.0 Å². The van der Waals surface area contributed by atoms with Gasteiger partial charge in [0.15, 0.2) is 5.65 Å². The Morgan fingerprint density at radius 1 is 1.43 bits per heavy atom. The molecule has 0 spiro atoms. The van der Waals surface area contributed by atoms with Gasteiger partial charge in [0, 0.05) is 7.05 Å². The van der Waals surface area contributed by atoms with Crippen LogP contribution in [0.5, 0.6) is 0 Å². The van der Waals surface area contributed by atoms with E-state index in [2.05, 4.69) is 9.40 Å². The molecule has 0 fully saturated rings. The fourth-order valence-corrected chi connectivity index (χ4v) is 1.17. The predicted molar refractivity (Wildman–Crippen MR) is 50.9 cm³/mol. The maximum Gasteiger partial charge on any atom is 0.423 e. The number of hydrogen-bond donors (Lipinski definition) is 0. The Morgan fingerprint density at radius 3 is 2.86 bits per heavy atom. The van der Waals surface area contributed by atoms with E-state index in [0.717, 1.165) is 4.57 Å². The number of nitrogens with zero attached hydrogens (tertiary/aromatic N) is 2. The Balaban J connectivity index is 3.11. The lowest BCUT2D eigenvalue weighted by Crippen LogP contribution is -2.25. The van der Waals surface area contributed by atoms with Crippen LogP contribution in [0.1, 0.15) is 0 Å². The minimum atomic E-state index is -0.749. The van der Waals surface area contributed by atoms with Crippen molar-refractivity contribution in [1.82, 2.24) is 9.55 Å². The molecule has 0 atom stereocenters. The van der Waals surface area contributed by atoms with E-state index in [9.17, 15) is 9.59 Å². The van der Waals surface area contributed by atoms with Gasteiger partial charge in [-0.25, -0.2) is 14.6 Å². The normalized spacial score (nSPS) is 10.6. The van der Waals surface area contributed by atoms with Crippen LogP contribution in [0.3, 0.4) is 0 Å². The molecule has 0 aromatic carbocycles. The summed E-state index contributed by atoms with van der Waals surface area (Å²) in [5.74, 6) is -0.749. The van der Waals surface area contributed by atoms with Gasteiger partial charge in [-0.3, -0.25) is 4.57 Å². The first-order valence-corrected chi connectivity index (χ1v) is 3.86. The number of aromatic nitrogens is 2. The van der Waals surface area contributed by atoms with Gasteiger partial charge in [0.1, 0.15) is 13.2 Å². The predicted octanol–water partition coefficient (Wildman–Crippen LogP) is -1.32. The number of pyridine rings is 1. The number of fused-ring (bicyclic) bond motifs is 1. The molecule has 68 valence electrons. The van der Waals surface area contributed by atoms with E-state index in [1.807, 2.05) is 0 Å². The molecule has 0 aliphatic heterocycles. The van der Waals surface area contributed by atoms with E-state index in [1.54, 1.807) is 0 Å². The second-order valence-corrected chi connectivity index (χ2v) is 2.82. The SMILES string of the molecule is [B]c1ccc2c(=O)oc(=O)n(C)c2n1. The molecule has 2 heterocycles. The largest absolute Gasteiger partial charge is 0.423 e. The van der Waals surface area contributed by atoms with Crippen LogP contribution < -0.4 is 17.0 Å². The fourth-order valence-electron chi connectivity index (χ4n) is 1.17. The zero-order valence-electron chi connectivity index (χ0n) is 7.35. The minimum Gasteiger partial charge on any atom is -0.372 e. The first kappa shape index (κ1) is 8.74. The van der Waals surface area contributed by atoms with Crippen molar-refractivity contribution in [2.24, 2.45) is 7.05 Å². The summed E-state index contributed by atoms with van der Waals surface area (Å²) in [5.41, 5.74) is -0.222. The van der Waals surface area contributed by atoms with Gasteiger partial charge in [0.25, 0.3) is 0 Å². The van der Waals surface area contributed by atoms with Crippen LogP contribution in [0, 0.1) is 0 Å². The third-order valence-electron chi connectivity index (χ3n) is 1.89. The average Bonchev–Trinajstić information content (AvgIpc) is 2.14. The van der Waals surface area contributed by atoms with Crippen molar-refractivity contribution in [3.05, 3.63) is 33.1 Å². The number of hydrogen-bond acceptors (Lipinski definition) is 4. The van der Waals surface area contributed by atoms with Crippen molar-refractivity contribution < 1.29 is 4.42 Å². The average molecular weight is 188 g/mol. The van der Waals surface area contributed by atoms with Gasteiger partial charge in [0.2, 0.25) is 0 Å². The van der Waals surface area contributed by atoms with Gasteiger partial charge in [-0.15, -0.1) is 0 Å². The molecule has 0 amide bonds. The van der Waals surface area contributed by atoms with Gasteiger partial charge in [-0.05, 0) is 11.7 Å². The molecular weight excluding hydrogens is 183 g/mol. The van der Waals surface area contributed by atoms with Crippen LogP contribution >= 0.6 is 0 Å². The molecule has 0 aliphatic rings. The topological polar surface area (TPSA) is 65.1 Å². The van der Waals surface area contributed by atoms with Crippen molar-refractivity contribution in [3.8, 4) is 0 Å². The van der Waals surface area contributed by atoms with Gasteiger partial charge in [0.05, 0.1) is 0 Å². The Kier molecular flexibility index (Phi) is 1.77. The second kappa shape index (κ2) is 2.83. The van der Waals surface area contributed by atoms with Crippen molar-refractivity contribution >= 4 is 24.5 Å². The van der Waals surface area contributed by atoms with Crippen LogP contribution in [0.4, 0.5) is 0 Å². The molecule has 0 unspecified atom stereocenters. The first-order chi connectivity index (χ1) is 6.59. The van der Waals surface area contributed by atoms with Crippen LogP contribution in [0.15, 0.2) is 26.1 Å². The third-order valence-corrected chi connectivity index (χ3v) is 1.89. The molecule has 5 nitrogen and oxygen atoms in total. The molecule has 0 saturated carbocycles. The van der Waals surface area contributed by atoms with Crippen molar-refractivity contribution in [2.75, 3.05) is 0 Å². The minimum absolute atomic E-state index is 0.228. The van der Waals surface area contributed by atoms with Crippen molar-refractivity contribution in [2.45, 2.75) is 0 Å². The summed E-state index contributed by atoms with van der Waals surface area (Å²) >= 11 is 0. The van der Waals surface area contributed by atoms with Gasteiger partial charge >= 0.3 is 11.4 Å². The number of rotatable bonds is 0. The molecule has 0 aliphatic carbocycles. The molecule has 0 N–H and O–H groups in total. The molecule has 0 saturated heterocycles. The lowest BCUT2D eigenvalue weighted by atomic mass is 10.0. The van der Waals surface area contributed by atoms with Crippen LogP contribution in [-0.2, 0) is 7.05 Å². The van der Waals surface area contributed by atoms with Gasteiger partial charge in [-0.2, -0.15) is 0 Å². The highest BCUT2D eigenvalue weighted by Gasteiger charge is 2.06. The summed E-state index contributed by atoms with van der Waals surface area (Å²) in [5, 5.41) is 0.237. The monoisotopic (exact) mass is 188 g/mol. The lowest BCUT2D eigenvalue weighted by Gasteiger charge is -2.01. The molecule has 2 radical (unpaired) electrons. The molecular formula is C8H5BN2O3. The highest BCUT2D eigenvalue weighted by molar-refractivity contribution is 6.31. The van der Waals surface area contributed by atoms with Crippen molar-refractivity contribution in [1.29, 1.82) is 0 Å². The smallest absolute Gasteiger partial charge is 0.372 e. The van der Waals surface area contributed by atoms with Crippen molar-refractivity contribution in [3.63, 3.8) is 0 Å². The van der Waals surface area contributed by atoms with E-state index in [4.69, 9.17) is 7.85 Å². The quantitative estimate of drug-likeness (QED) is 0.481. The fraction of sp³-hybridized carbons (Fsp3) is 0.125. The Morgan fingerprint density at radius 2 is 2.14 bits per heavy atom. The van der Waals surface area contributed by atoms with Gasteiger partial charge < -0.3 is 4.42 Å². The summed E-state index contributed by atoms with van der Waals surface area (Å²) in [7, 11) is 6.89. The van der Waals surface area contributed by atoms with Gasteiger partial charge in [-0.1, -0.05) is 6.07 Å². The highest BCUT2D eigenvalue weighted by atomic mass is 16.4. The zero-order valence-corrected chi connectivity index (χ0v) is 7.35. The molecule has 14 heavy (non-hydrogen) atoms. The van der Waals surface area contributed by atoms with E-state index >= 15 is 0 Å². The standard InChI is InChI=1S/C8H5BN2O3/c1-11-6-4(2-3-5(9)10-6)7(12)14-8(11)13/h2-3H,1H3. The first-order valence-electron chi connectivity index (χ1n) is 3.86. The summed E-state index contributed by atoms with van der Waals surface area (Å²) < 4.78 is 5.56. The molecule has 2 rings (SSSR count). The molecule has 2 aromatic rings. The summed E-state index contributed by atoms with van der Waals surface area (Å²) in [6.07, 6.45) is 0. The maximum atomic E-state index is 11.2. The van der Waals surface area contributed by atoms with Crippen LogP contribution in [0.2, 0.25) is 0 Å². The van der Waals surface area contributed by atoms with Crippen LogP contribution in [-0.4, -0.2) is 17.4 Å². The zero-order chi connectivity index (χ0) is 10.3. The second-order valence-electron chi connectivity index (χ2n) is 2.82. The number of aryl methyl sites for hydroxylation is 1. The summed E-state index contributed by atoms with van der Waals surface area (Å²) in [4.78, 5) is 26.2. The third kappa shape index (κ3) is 1.15. The summed E-state index contributed by atoms with van der Waals surface area (Å²) in [6.45, 7) is 0. The highest BCUT2D eigenvalue weighted by Crippen LogP contribution is 1.99. The van der Waals surface area contributed by atoms with E-state index < -0.39 is 11.4 Å².